The molecule has 0 nitrogen and oxygen atoms in total. The molecular formula is C5H14B2. The molecular weight excluding hydrogens is 81.7 g/mol. The van der Waals surface area contributed by atoms with Crippen molar-refractivity contribution in [3.05, 3.63) is 0 Å². The maximum atomic E-state index is 2.30. The van der Waals surface area contributed by atoms with Crippen molar-refractivity contribution in [2.45, 2.75) is 32.3 Å². The number of hydrogen-bond acceptors (Lipinski definition) is 0. The van der Waals surface area contributed by atoms with Gasteiger partial charge in [0, 0.05) is 0 Å². The van der Waals surface area contributed by atoms with Crippen molar-refractivity contribution in [2.24, 2.45) is 0 Å². The van der Waals surface area contributed by atoms with Gasteiger partial charge in [-0.2, -0.15) is 0 Å². The van der Waals surface area contributed by atoms with Crippen LogP contribution in [0.3, 0.4) is 0 Å². The quantitative estimate of drug-likeness (QED) is 0.444. The van der Waals surface area contributed by atoms with Crippen LogP contribution in [-0.2, 0) is 0 Å². The minimum absolute atomic E-state index is 0.866. The molecule has 0 spiro atoms. The molecule has 7 heavy (non-hydrogen) atoms. The Morgan fingerprint density at radius 3 is 1.86 bits per heavy atom. The molecule has 0 saturated carbocycles. The standard InChI is InChI=1S/C5H14B2/c1-4(6)5(2)7-3/h4-5,7H,6H2,1-3H3. The summed E-state index contributed by atoms with van der Waals surface area (Å²) in [6.07, 6.45) is 0. The molecule has 2 atom stereocenters. The molecule has 2 heteroatoms. The Labute approximate surface area is 48.3 Å². The Morgan fingerprint density at radius 1 is 1.43 bits per heavy atom. The van der Waals surface area contributed by atoms with Gasteiger partial charge in [0.1, 0.15) is 15.1 Å². The first-order valence-corrected chi connectivity index (χ1v) is 3.18. The van der Waals surface area contributed by atoms with Gasteiger partial charge >= 0.3 is 0 Å². The van der Waals surface area contributed by atoms with Crippen molar-refractivity contribution >= 4 is 15.1 Å². The molecule has 0 rings (SSSR count). The van der Waals surface area contributed by atoms with Crippen LogP contribution < -0.4 is 0 Å². The molecule has 0 aliphatic rings. The van der Waals surface area contributed by atoms with Crippen LogP contribution in [0.5, 0.6) is 0 Å². The lowest BCUT2D eigenvalue weighted by molar-refractivity contribution is 0.866. The average molecular weight is 95.8 g/mol. The van der Waals surface area contributed by atoms with E-state index in [4.69, 9.17) is 0 Å². The van der Waals surface area contributed by atoms with E-state index >= 15 is 0 Å². The highest BCUT2D eigenvalue weighted by atomic mass is 13.9. The summed E-state index contributed by atoms with van der Waals surface area (Å²) in [4.78, 5) is 0. The van der Waals surface area contributed by atoms with Crippen LogP contribution in [0.2, 0.25) is 18.5 Å². The lowest BCUT2D eigenvalue weighted by atomic mass is 9.57. The molecule has 0 saturated heterocycles. The maximum Gasteiger partial charge on any atom is 0.120 e. The first kappa shape index (κ1) is 7.13. The summed E-state index contributed by atoms with van der Waals surface area (Å²) in [6.45, 7) is 6.81. The molecule has 0 amide bonds. The van der Waals surface area contributed by atoms with E-state index in [-0.39, 0.29) is 0 Å². The van der Waals surface area contributed by atoms with Crippen LogP contribution in [0.15, 0.2) is 0 Å². The fraction of sp³-hybridized carbons (Fsp3) is 1.00. The molecule has 0 aliphatic heterocycles. The largest absolute Gasteiger partial charge is 0.120 e. The third-order valence-corrected chi connectivity index (χ3v) is 1.78. The van der Waals surface area contributed by atoms with Gasteiger partial charge in [-0.05, 0) is 0 Å². The van der Waals surface area contributed by atoms with Gasteiger partial charge in [-0.1, -0.05) is 32.3 Å². The third kappa shape index (κ3) is 2.78. The van der Waals surface area contributed by atoms with E-state index in [1.54, 1.807) is 0 Å². The minimum atomic E-state index is 0.866. The average Bonchev–Trinajstić information content (AvgIpc) is 1.65. The van der Waals surface area contributed by atoms with Gasteiger partial charge in [0.2, 0.25) is 0 Å². The second-order valence-electron chi connectivity index (χ2n) is 2.63. The summed E-state index contributed by atoms with van der Waals surface area (Å²) in [7, 11) is 3.59. The zero-order valence-corrected chi connectivity index (χ0v) is 5.86. The van der Waals surface area contributed by atoms with E-state index in [9.17, 15) is 0 Å². The van der Waals surface area contributed by atoms with Crippen molar-refractivity contribution in [1.29, 1.82) is 0 Å². The number of rotatable bonds is 2. The summed E-state index contributed by atoms with van der Waals surface area (Å²) < 4.78 is 0. The molecule has 0 radical (unpaired) electrons. The summed E-state index contributed by atoms with van der Waals surface area (Å²) in [5.41, 5.74) is 0. The van der Waals surface area contributed by atoms with Crippen molar-refractivity contribution in [3.63, 3.8) is 0 Å². The third-order valence-electron chi connectivity index (χ3n) is 1.78. The Morgan fingerprint density at radius 2 is 1.86 bits per heavy atom. The second-order valence-corrected chi connectivity index (χ2v) is 2.63. The Bertz CT molecular complexity index is 43.3. The summed E-state index contributed by atoms with van der Waals surface area (Å²) >= 11 is 0. The highest BCUT2D eigenvalue weighted by molar-refractivity contribution is 6.38. The fourth-order valence-electron chi connectivity index (χ4n) is 0.471. The molecule has 40 valence electrons. The molecule has 2 unspecified atom stereocenters. The highest BCUT2D eigenvalue weighted by Gasteiger charge is 2.02. The van der Waals surface area contributed by atoms with Crippen LogP contribution in [0.1, 0.15) is 13.8 Å². The minimum Gasteiger partial charge on any atom is -0.0891 e. The maximum absolute atomic E-state index is 2.30. The van der Waals surface area contributed by atoms with Crippen molar-refractivity contribution in [1.82, 2.24) is 0 Å². The first-order valence-electron chi connectivity index (χ1n) is 3.18. The van der Waals surface area contributed by atoms with Gasteiger partial charge in [-0.3, -0.25) is 0 Å². The lowest BCUT2D eigenvalue weighted by Gasteiger charge is -2.09. The monoisotopic (exact) mass is 96.1 g/mol. The molecule has 0 aromatic carbocycles. The number of hydrogen-bond donors (Lipinski definition) is 0. The van der Waals surface area contributed by atoms with Gasteiger partial charge in [0.15, 0.2) is 0 Å². The Balaban J connectivity index is 3.14. The zero-order chi connectivity index (χ0) is 5.86. The molecule has 0 heterocycles. The highest BCUT2D eigenvalue weighted by Crippen LogP contribution is 2.16. The van der Waals surface area contributed by atoms with E-state index < -0.39 is 0 Å². The predicted octanol–water partition coefficient (Wildman–Crippen LogP) is 0.721. The van der Waals surface area contributed by atoms with Gasteiger partial charge < -0.3 is 0 Å². The molecule has 0 aliphatic carbocycles. The normalized spacial score (nSPS) is 18.1. The van der Waals surface area contributed by atoms with Gasteiger partial charge in [-0.25, -0.2) is 0 Å². The van der Waals surface area contributed by atoms with Crippen LogP contribution in [0, 0.1) is 0 Å². The lowest BCUT2D eigenvalue weighted by Crippen LogP contribution is -2.00. The fourth-order valence-corrected chi connectivity index (χ4v) is 0.471. The van der Waals surface area contributed by atoms with Crippen LogP contribution >= 0.6 is 0 Å². The molecule has 0 aromatic rings. The molecule has 0 N–H and O–H groups in total. The van der Waals surface area contributed by atoms with Gasteiger partial charge in [-0.15, -0.1) is 0 Å². The van der Waals surface area contributed by atoms with Gasteiger partial charge in [0.25, 0.3) is 0 Å². The van der Waals surface area contributed by atoms with Crippen molar-refractivity contribution < 1.29 is 0 Å². The van der Waals surface area contributed by atoms with E-state index in [1.165, 1.54) is 7.28 Å². The van der Waals surface area contributed by atoms with Crippen molar-refractivity contribution in [2.75, 3.05) is 0 Å². The van der Waals surface area contributed by atoms with Crippen LogP contribution in [-0.4, -0.2) is 15.1 Å². The summed E-state index contributed by atoms with van der Waals surface area (Å²) in [6, 6.07) is 0. The van der Waals surface area contributed by atoms with E-state index in [2.05, 4.69) is 28.5 Å². The second kappa shape index (κ2) is 3.17. The molecule has 0 bridgehead atoms. The van der Waals surface area contributed by atoms with Crippen LogP contribution in [0.4, 0.5) is 0 Å². The Kier molecular flexibility index (Phi) is 3.23. The Hall–Kier alpha value is 0.130. The van der Waals surface area contributed by atoms with Crippen LogP contribution in [0.25, 0.3) is 0 Å². The SMILES string of the molecule is BC(C)C(C)BC. The van der Waals surface area contributed by atoms with E-state index in [0.29, 0.717) is 0 Å². The first-order chi connectivity index (χ1) is 3.18. The van der Waals surface area contributed by atoms with E-state index in [1.807, 2.05) is 0 Å². The summed E-state index contributed by atoms with van der Waals surface area (Å²) in [5, 5.41) is 0. The molecule has 0 aromatic heterocycles. The topological polar surface area (TPSA) is 0 Å². The van der Waals surface area contributed by atoms with E-state index in [0.717, 1.165) is 11.6 Å². The predicted molar refractivity (Wildman–Crippen MR) is 40.4 cm³/mol. The van der Waals surface area contributed by atoms with Crippen molar-refractivity contribution in [3.8, 4) is 0 Å². The molecule has 0 fully saturated rings. The smallest absolute Gasteiger partial charge is 0.0891 e. The van der Waals surface area contributed by atoms with Gasteiger partial charge in [0.05, 0.1) is 0 Å². The summed E-state index contributed by atoms with van der Waals surface area (Å²) in [5.74, 6) is 1.77. The zero-order valence-electron chi connectivity index (χ0n) is 5.86.